The first-order valence-corrected chi connectivity index (χ1v) is 9.35. The molecule has 0 aliphatic carbocycles. The van der Waals surface area contributed by atoms with E-state index in [9.17, 15) is 4.79 Å². The van der Waals surface area contributed by atoms with Crippen molar-refractivity contribution < 1.29 is 14.3 Å². The summed E-state index contributed by atoms with van der Waals surface area (Å²) in [6, 6.07) is 21.2. The fourth-order valence-electron chi connectivity index (χ4n) is 2.90. The van der Waals surface area contributed by atoms with Gasteiger partial charge in [-0.15, -0.1) is 0 Å². The van der Waals surface area contributed by atoms with Crippen LogP contribution in [-0.2, 0) is 0 Å². The van der Waals surface area contributed by atoms with Crippen molar-refractivity contribution in [3.05, 3.63) is 77.9 Å². The molecule has 0 bridgehead atoms. The van der Waals surface area contributed by atoms with E-state index in [4.69, 9.17) is 9.47 Å². The Kier molecular flexibility index (Phi) is 5.99. The van der Waals surface area contributed by atoms with Gasteiger partial charge in [-0.25, -0.2) is 4.79 Å². The molecule has 1 amide bonds. The van der Waals surface area contributed by atoms with Crippen molar-refractivity contribution in [1.29, 1.82) is 0 Å². The van der Waals surface area contributed by atoms with E-state index < -0.39 is 6.09 Å². The maximum Gasteiger partial charge on any atom is 0.417 e. The van der Waals surface area contributed by atoms with Crippen molar-refractivity contribution in [3.8, 4) is 22.6 Å². The maximum atomic E-state index is 12.3. The van der Waals surface area contributed by atoms with Crippen LogP contribution in [0.5, 0.6) is 11.5 Å². The van der Waals surface area contributed by atoms with E-state index in [0.29, 0.717) is 11.4 Å². The summed E-state index contributed by atoms with van der Waals surface area (Å²) in [5, 5.41) is 2.81. The number of rotatable bonds is 5. The van der Waals surface area contributed by atoms with Gasteiger partial charge in [0.1, 0.15) is 11.5 Å². The van der Waals surface area contributed by atoms with Gasteiger partial charge in [0.2, 0.25) is 0 Å². The average Bonchev–Trinajstić information content (AvgIpc) is 2.69. The van der Waals surface area contributed by atoms with Crippen molar-refractivity contribution in [2.45, 2.75) is 33.8 Å². The number of hydrogen-bond donors (Lipinski definition) is 1. The zero-order valence-electron chi connectivity index (χ0n) is 16.7. The van der Waals surface area contributed by atoms with Gasteiger partial charge >= 0.3 is 6.09 Å². The predicted molar refractivity (Wildman–Crippen MR) is 113 cm³/mol. The number of nitrogens with one attached hydrogen (secondary N) is 1. The molecule has 3 rings (SSSR count). The second kappa shape index (κ2) is 8.61. The molecular formula is C24H25NO3. The molecule has 0 saturated heterocycles. The Hall–Kier alpha value is -3.27. The molecule has 0 unspecified atom stereocenters. The first-order chi connectivity index (χ1) is 13.4. The van der Waals surface area contributed by atoms with Crippen LogP contribution >= 0.6 is 0 Å². The minimum atomic E-state index is -0.521. The lowest BCUT2D eigenvalue weighted by atomic mass is 10.1. The van der Waals surface area contributed by atoms with Gasteiger partial charge < -0.3 is 9.47 Å². The SMILES string of the molecule is Cc1c(NC(=O)Oc2ccc(-c3ccccc3)cc2)ccc(OC(C)C)c1C. The van der Waals surface area contributed by atoms with Crippen LogP contribution in [-0.4, -0.2) is 12.2 Å². The quantitative estimate of drug-likeness (QED) is 0.564. The summed E-state index contributed by atoms with van der Waals surface area (Å²) >= 11 is 0. The van der Waals surface area contributed by atoms with Crippen LogP contribution in [0.1, 0.15) is 25.0 Å². The number of anilines is 1. The standard InChI is InChI=1S/C24H25NO3/c1-16(2)27-23-15-14-22(17(3)18(23)4)25-24(26)28-21-12-10-20(11-13-21)19-8-6-5-7-9-19/h5-16H,1-4H3,(H,25,26). The van der Waals surface area contributed by atoms with Crippen molar-refractivity contribution in [2.24, 2.45) is 0 Å². The van der Waals surface area contributed by atoms with E-state index >= 15 is 0 Å². The zero-order chi connectivity index (χ0) is 20.1. The highest BCUT2D eigenvalue weighted by Gasteiger charge is 2.12. The molecule has 0 heterocycles. The molecule has 0 aliphatic rings. The summed E-state index contributed by atoms with van der Waals surface area (Å²) < 4.78 is 11.2. The largest absolute Gasteiger partial charge is 0.491 e. The third-order valence-corrected chi connectivity index (χ3v) is 4.51. The highest BCUT2D eigenvalue weighted by molar-refractivity contribution is 5.87. The van der Waals surface area contributed by atoms with E-state index in [2.05, 4.69) is 5.32 Å². The lowest BCUT2D eigenvalue weighted by Crippen LogP contribution is -2.18. The number of carbonyl (C=O) groups excluding carboxylic acids is 1. The van der Waals surface area contributed by atoms with Crippen LogP contribution in [0, 0.1) is 13.8 Å². The minimum absolute atomic E-state index is 0.0979. The summed E-state index contributed by atoms with van der Waals surface area (Å²) in [5.41, 5.74) is 4.85. The molecule has 4 heteroatoms. The van der Waals surface area contributed by atoms with E-state index in [-0.39, 0.29) is 6.10 Å². The molecule has 0 radical (unpaired) electrons. The van der Waals surface area contributed by atoms with Gasteiger partial charge in [0.25, 0.3) is 0 Å². The Morgan fingerprint density at radius 1 is 0.821 bits per heavy atom. The van der Waals surface area contributed by atoms with E-state index in [1.807, 2.05) is 82.3 Å². The zero-order valence-corrected chi connectivity index (χ0v) is 16.7. The molecule has 0 atom stereocenters. The molecule has 0 aromatic heterocycles. The van der Waals surface area contributed by atoms with E-state index in [1.165, 1.54) is 0 Å². The fourth-order valence-corrected chi connectivity index (χ4v) is 2.90. The summed E-state index contributed by atoms with van der Waals surface area (Å²) in [7, 11) is 0. The Morgan fingerprint density at radius 2 is 1.46 bits per heavy atom. The van der Waals surface area contributed by atoms with Gasteiger partial charge in [-0.3, -0.25) is 5.32 Å². The Labute approximate surface area is 166 Å². The van der Waals surface area contributed by atoms with Crippen LogP contribution in [0.15, 0.2) is 66.7 Å². The van der Waals surface area contributed by atoms with Crippen molar-refractivity contribution in [1.82, 2.24) is 0 Å². The van der Waals surface area contributed by atoms with Gasteiger partial charge in [0.15, 0.2) is 0 Å². The minimum Gasteiger partial charge on any atom is -0.491 e. The van der Waals surface area contributed by atoms with E-state index in [1.54, 1.807) is 12.1 Å². The predicted octanol–water partition coefficient (Wildman–Crippen LogP) is 6.37. The molecule has 0 fully saturated rings. The number of benzene rings is 3. The van der Waals surface area contributed by atoms with E-state index in [0.717, 1.165) is 28.0 Å². The molecule has 28 heavy (non-hydrogen) atoms. The number of ether oxygens (including phenoxy) is 2. The monoisotopic (exact) mass is 375 g/mol. The first-order valence-electron chi connectivity index (χ1n) is 9.35. The Balaban J connectivity index is 1.66. The highest BCUT2D eigenvalue weighted by Crippen LogP contribution is 2.28. The number of hydrogen-bond acceptors (Lipinski definition) is 3. The van der Waals surface area contributed by atoms with Crippen LogP contribution in [0.2, 0.25) is 0 Å². The lowest BCUT2D eigenvalue weighted by Gasteiger charge is -2.17. The third-order valence-electron chi connectivity index (χ3n) is 4.51. The summed E-state index contributed by atoms with van der Waals surface area (Å²) in [5.74, 6) is 1.31. The average molecular weight is 375 g/mol. The van der Waals surface area contributed by atoms with Gasteiger partial charge in [0.05, 0.1) is 6.10 Å². The smallest absolute Gasteiger partial charge is 0.417 e. The van der Waals surface area contributed by atoms with Gasteiger partial charge in [-0.05, 0) is 74.2 Å². The second-order valence-corrected chi connectivity index (χ2v) is 6.93. The van der Waals surface area contributed by atoms with Gasteiger partial charge in [-0.2, -0.15) is 0 Å². The Morgan fingerprint density at radius 3 is 2.11 bits per heavy atom. The highest BCUT2D eigenvalue weighted by atomic mass is 16.6. The van der Waals surface area contributed by atoms with Crippen LogP contribution in [0.3, 0.4) is 0 Å². The van der Waals surface area contributed by atoms with Crippen molar-refractivity contribution in [2.75, 3.05) is 5.32 Å². The third kappa shape index (κ3) is 4.71. The first kappa shape index (κ1) is 19.5. The Bertz CT molecular complexity index is 948. The molecule has 0 saturated carbocycles. The molecule has 4 nitrogen and oxygen atoms in total. The van der Waals surface area contributed by atoms with Crippen LogP contribution in [0.25, 0.3) is 11.1 Å². The summed E-state index contributed by atoms with van der Waals surface area (Å²) in [6.45, 7) is 7.90. The van der Waals surface area contributed by atoms with Crippen LogP contribution in [0.4, 0.5) is 10.5 Å². The van der Waals surface area contributed by atoms with Crippen LogP contribution < -0.4 is 14.8 Å². The molecule has 3 aromatic rings. The number of carbonyl (C=O) groups is 1. The topological polar surface area (TPSA) is 47.6 Å². The second-order valence-electron chi connectivity index (χ2n) is 6.93. The number of amides is 1. The molecule has 0 aliphatic heterocycles. The van der Waals surface area contributed by atoms with Gasteiger partial charge in [-0.1, -0.05) is 42.5 Å². The van der Waals surface area contributed by atoms with Gasteiger partial charge in [0, 0.05) is 5.69 Å². The molecule has 144 valence electrons. The molecular weight excluding hydrogens is 350 g/mol. The maximum absolute atomic E-state index is 12.3. The fraction of sp³-hybridized carbons (Fsp3) is 0.208. The molecule has 1 N–H and O–H groups in total. The summed E-state index contributed by atoms with van der Waals surface area (Å²) in [6.07, 6.45) is -0.423. The lowest BCUT2D eigenvalue weighted by molar-refractivity contribution is 0.215. The normalized spacial score (nSPS) is 10.6. The molecule has 0 spiro atoms. The molecule has 3 aromatic carbocycles. The van der Waals surface area contributed by atoms with Crippen molar-refractivity contribution >= 4 is 11.8 Å². The van der Waals surface area contributed by atoms with Crippen molar-refractivity contribution in [3.63, 3.8) is 0 Å². The summed E-state index contributed by atoms with van der Waals surface area (Å²) in [4.78, 5) is 12.3.